The molecular formula is C19H31NO. The molecule has 2 unspecified atom stereocenters. The molecule has 0 saturated heterocycles. The minimum atomic E-state index is 0.586. The fourth-order valence-electron chi connectivity index (χ4n) is 3.26. The van der Waals surface area contributed by atoms with Crippen molar-refractivity contribution in [3.05, 3.63) is 29.8 Å². The van der Waals surface area contributed by atoms with Crippen LogP contribution in [0.25, 0.3) is 0 Å². The van der Waals surface area contributed by atoms with E-state index < -0.39 is 0 Å². The van der Waals surface area contributed by atoms with Gasteiger partial charge in [0.05, 0.1) is 6.61 Å². The van der Waals surface area contributed by atoms with Crippen LogP contribution >= 0.6 is 0 Å². The molecule has 1 N–H and O–H groups in total. The second kappa shape index (κ2) is 8.43. The molecule has 0 aromatic heterocycles. The van der Waals surface area contributed by atoms with Gasteiger partial charge < -0.3 is 10.1 Å². The second-order valence-corrected chi connectivity index (χ2v) is 6.61. The number of benzene rings is 1. The van der Waals surface area contributed by atoms with E-state index >= 15 is 0 Å². The highest BCUT2D eigenvalue weighted by atomic mass is 16.5. The monoisotopic (exact) mass is 289 g/mol. The van der Waals surface area contributed by atoms with E-state index in [9.17, 15) is 0 Å². The van der Waals surface area contributed by atoms with Gasteiger partial charge in [0.25, 0.3) is 0 Å². The van der Waals surface area contributed by atoms with Gasteiger partial charge in [-0.25, -0.2) is 0 Å². The predicted octanol–water partition coefficient (Wildman–Crippen LogP) is 4.75. The molecule has 0 aliphatic heterocycles. The molecule has 0 heterocycles. The summed E-state index contributed by atoms with van der Waals surface area (Å²) < 4.78 is 5.93. The van der Waals surface area contributed by atoms with Crippen LogP contribution in [0.2, 0.25) is 0 Å². The van der Waals surface area contributed by atoms with Gasteiger partial charge in [0.15, 0.2) is 0 Å². The first-order chi connectivity index (χ1) is 10.2. The molecule has 1 saturated carbocycles. The van der Waals surface area contributed by atoms with E-state index in [1.54, 1.807) is 0 Å². The van der Waals surface area contributed by atoms with Gasteiger partial charge in [-0.15, -0.1) is 0 Å². The Morgan fingerprint density at radius 1 is 1.19 bits per heavy atom. The molecule has 0 bridgehead atoms. The minimum Gasteiger partial charge on any atom is -0.494 e. The highest BCUT2D eigenvalue weighted by Gasteiger charge is 2.26. The topological polar surface area (TPSA) is 21.3 Å². The molecule has 118 valence electrons. The van der Waals surface area contributed by atoms with Crippen LogP contribution in [0.1, 0.15) is 64.4 Å². The normalized spacial score (nSPS) is 21.9. The standard InChI is InChI=1S/C19H31NO/c1-4-13-20-19-7-5-6-17(19)12-14-21-18-10-8-16(9-11-18)15(2)3/h8-11,15,17,19-20H,4-7,12-14H2,1-3H3. The van der Waals surface area contributed by atoms with Crippen molar-refractivity contribution < 1.29 is 4.74 Å². The van der Waals surface area contributed by atoms with Gasteiger partial charge >= 0.3 is 0 Å². The molecule has 0 amide bonds. The average Bonchev–Trinajstić information content (AvgIpc) is 2.93. The summed E-state index contributed by atoms with van der Waals surface area (Å²) in [6.45, 7) is 8.67. The van der Waals surface area contributed by atoms with E-state index in [-0.39, 0.29) is 0 Å². The van der Waals surface area contributed by atoms with E-state index in [1.165, 1.54) is 37.7 Å². The molecule has 1 aromatic carbocycles. The Balaban J connectivity index is 1.73. The Hall–Kier alpha value is -1.02. The number of rotatable bonds is 8. The number of ether oxygens (including phenoxy) is 1. The van der Waals surface area contributed by atoms with Gasteiger partial charge in [-0.3, -0.25) is 0 Å². The summed E-state index contributed by atoms with van der Waals surface area (Å²) in [4.78, 5) is 0. The highest BCUT2D eigenvalue weighted by molar-refractivity contribution is 5.28. The van der Waals surface area contributed by atoms with Crippen molar-refractivity contribution >= 4 is 0 Å². The zero-order chi connectivity index (χ0) is 15.1. The number of hydrogen-bond donors (Lipinski definition) is 1. The number of nitrogens with one attached hydrogen (secondary N) is 1. The highest BCUT2D eigenvalue weighted by Crippen LogP contribution is 2.28. The van der Waals surface area contributed by atoms with Gasteiger partial charge in [-0.2, -0.15) is 0 Å². The molecule has 0 spiro atoms. The van der Waals surface area contributed by atoms with Crippen LogP contribution in [0.15, 0.2) is 24.3 Å². The molecule has 21 heavy (non-hydrogen) atoms. The molecule has 1 fully saturated rings. The first-order valence-corrected chi connectivity index (χ1v) is 8.66. The summed E-state index contributed by atoms with van der Waals surface area (Å²) >= 11 is 0. The van der Waals surface area contributed by atoms with Crippen molar-refractivity contribution in [2.75, 3.05) is 13.2 Å². The summed E-state index contributed by atoms with van der Waals surface area (Å²) in [6.07, 6.45) is 6.47. The molecule has 2 nitrogen and oxygen atoms in total. The van der Waals surface area contributed by atoms with E-state index in [2.05, 4.69) is 50.4 Å². The predicted molar refractivity (Wildman–Crippen MR) is 90.1 cm³/mol. The summed E-state index contributed by atoms with van der Waals surface area (Å²) in [5.41, 5.74) is 1.38. The lowest BCUT2D eigenvalue weighted by Crippen LogP contribution is -2.33. The van der Waals surface area contributed by atoms with Gasteiger partial charge in [0, 0.05) is 6.04 Å². The SMILES string of the molecule is CCCNC1CCCC1CCOc1ccc(C(C)C)cc1. The lowest BCUT2D eigenvalue weighted by Gasteiger charge is -2.21. The van der Waals surface area contributed by atoms with Crippen LogP contribution in [-0.4, -0.2) is 19.2 Å². The first-order valence-electron chi connectivity index (χ1n) is 8.66. The smallest absolute Gasteiger partial charge is 0.119 e. The fraction of sp³-hybridized carbons (Fsp3) is 0.684. The molecule has 1 aliphatic carbocycles. The Morgan fingerprint density at radius 3 is 2.62 bits per heavy atom. The zero-order valence-corrected chi connectivity index (χ0v) is 13.9. The zero-order valence-electron chi connectivity index (χ0n) is 13.9. The summed E-state index contributed by atoms with van der Waals surface area (Å²) in [5.74, 6) is 2.39. The molecule has 1 aliphatic rings. The quantitative estimate of drug-likeness (QED) is 0.746. The van der Waals surface area contributed by atoms with Gasteiger partial charge in [0.1, 0.15) is 5.75 Å². The fourth-order valence-corrected chi connectivity index (χ4v) is 3.26. The van der Waals surface area contributed by atoms with Crippen molar-refractivity contribution in [1.82, 2.24) is 5.32 Å². The van der Waals surface area contributed by atoms with Crippen molar-refractivity contribution in [1.29, 1.82) is 0 Å². The Morgan fingerprint density at radius 2 is 1.95 bits per heavy atom. The van der Waals surface area contributed by atoms with E-state index in [1.807, 2.05) is 0 Å². The van der Waals surface area contributed by atoms with Crippen molar-refractivity contribution in [3.8, 4) is 5.75 Å². The van der Waals surface area contributed by atoms with Crippen molar-refractivity contribution in [3.63, 3.8) is 0 Å². The van der Waals surface area contributed by atoms with Gasteiger partial charge in [0.2, 0.25) is 0 Å². The second-order valence-electron chi connectivity index (χ2n) is 6.61. The third-order valence-electron chi connectivity index (χ3n) is 4.62. The molecule has 0 radical (unpaired) electrons. The van der Waals surface area contributed by atoms with Crippen LogP contribution in [0, 0.1) is 5.92 Å². The average molecular weight is 289 g/mol. The Kier molecular flexibility index (Phi) is 6.56. The van der Waals surface area contributed by atoms with Crippen LogP contribution < -0.4 is 10.1 Å². The Labute approximate surface area is 130 Å². The maximum Gasteiger partial charge on any atom is 0.119 e. The van der Waals surface area contributed by atoms with Crippen LogP contribution in [-0.2, 0) is 0 Å². The summed E-state index contributed by atoms with van der Waals surface area (Å²) in [5, 5.41) is 3.69. The maximum absolute atomic E-state index is 5.93. The largest absolute Gasteiger partial charge is 0.494 e. The lowest BCUT2D eigenvalue weighted by atomic mass is 10.00. The first kappa shape index (κ1) is 16.4. The maximum atomic E-state index is 5.93. The third kappa shape index (κ3) is 5.03. The summed E-state index contributed by atoms with van der Waals surface area (Å²) in [7, 11) is 0. The van der Waals surface area contributed by atoms with Gasteiger partial charge in [-0.1, -0.05) is 39.3 Å². The lowest BCUT2D eigenvalue weighted by molar-refractivity contribution is 0.260. The van der Waals surface area contributed by atoms with Crippen molar-refractivity contribution in [2.45, 2.75) is 64.8 Å². The van der Waals surface area contributed by atoms with E-state index in [4.69, 9.17) is 4.74 Å². The van der Waals surface area contributed by atoms with Gasteiger partial charge in [-0.05, 0) is 61.8 Å². The summed E-state index contributed by atoms with van der Waals surface area (Å²) in [6, 6.07) is 9.30. The molecular weight excluding hydrogens is 258 g/mol. The van der Waals surface area contributed by atoms with Crippen LogP contribution in [0.3, 0.4) is 0 Å². The van der Waals surface area contributed by atoms with Crippen LogP contribution in [0.4, 0.5) is 0 Å². The van der Waals surface area contributed by atoms with Crippen molar-refractivity contribution in [2.24, 2.45) is 5.92 Å². The van der Waals surface area contributed by atoms with Crippen LogP contribution in [0.5, 0.6) is 5.75 Å². The Bertz CT molecular complexity index is 399. The third-order valence-corrected chi connectivity index (χ3v) is 4.62. The minimum absolute atomic E-state index is 0.586. The molecule has 2 atom stereocenters. The molecule has 2 rings (SSSR count). The van der Waals surface area contributed by atoms with E-state index in [0.29, 0.717) is 5.92 Å². The molecule has 2 heteroatoms. The molecule has 1 aromatic rings. The van der Waals surface area contributed by atoms with E-state index in [0.717, 1.165) is 30.9 Å². The number of hydrogen-bond acceptors (Lipinski definition) is 2.